The van der Waals surface area contributed by atoms with Crippen molar-refractivity contribution >= 4 is 37.8 Å². The van der Waals surface area contributed by atoms with Crippen LogP contribution in [0.1, 0.15) is 16.0 Å². The summed E-state index contributed by atoms with van der Waals surface area (Å²) in [5, 5.41) is 15.5. The number of fused-ring (bicyclic) bond motifs is 3. The highest BCUT2D eigenvalue weighted by Gasteiger charge is 2.29. The van der Waals surface area contributed by atoms with Crippen LogP contribution in [0.15, 0.2) is 40.7 Å². The molecular weight excluding hydrogens is 342 g/mol. The predicted octanol–water partition coefficient (Wildman–Crippen LogP) is 3.11. The molecule has 1 N–H and O–H groups in total. The Bertz CT molecular complexity index is 1080. The number of nitrogens with one attached hydrogen (secondary N) is 1. The maximum Gasteiger partial charge on any atom is 0.179 e. The van der Waals surface area contributed by atoms with Gasteiger partial charge in [-0.2, -0.15) is 5.26 Å². The standard InChI is InChI=1S/C17H13N3O2S2/c18-8-11-9-19-14-3-4-15-13(5-7-24(15,21)22)16(14)17(11)20-10-12-2-1-6-23-12/h1-4,6,9H,5,7,10H2,(H,19,20). The van der Waals surface area contributed by atoms with Crippen molar-refractivity contribution in [2.24, 2.45) is 0 Å². The van der Waals surface area contributed by atoms with Crippen LogP contribution < -0.4 is 5.32 Å². The number of hydrogen-bond acceptors (Lipinski definition) is 6. The van der Waals surface area contributed by atoms with E-state index in [0.717, 1.165) is 15.8 Å². The zero-order valence-electron chi connectivity index (χ0n) is 12.6. The minimum absolute atomic E-state index is 0.114. The number of nitrogens with zero attached hydrogens (tertiary/aromatic N) is 2. The number of thiophene rings is 1. The first kappa shape index (κ1) is 15.1. The van der Waals surface area contributed by atoms with E-state index in [9.17, 15) is 13.7 Å². The highest BCUT2D eigenvalue weighted by Crippen LogP contribution is 2.37. The van der Waals surface area contributed by atoms with E-state index in [2.05, 4.69) is 16.4 Å². The number of aromatic nitrogens is 1. The average molecular weight is 355 g/mol. The van der Waals surface area contributed by atoms with Gasteiger partial charge in [0.15, 0.2) is 9.84 Å². The van der Waals surface area contributed by atoms with Crippen LogP contribution in [0.4, 0.5) is 5.69 Å². The van der Waals surface area contributed by atoms with E-state index in [-0.39, 0.29) is 5.75 Å². The van der Waals surface area contributed by atoms with Crippen LogP contribution in [-0.2, 0) is 22.8 Å². The summed E-state index contributed by atoms with van der Waals surface area (Å²) in [7, 11) is -3.23. The lowest BCUT2D eigenvalue weighted by Gasteiger charge is -2.13. The van der Waals surface area contributed by atoms with E-state index in [1.165, 1.54) is 6.20 Å². The third-order valence-electron chi connectivity index (χ3n) is 4.20. The molecule has 0 atom stereocenters. The summed E-state index contributed by atoms with van der Waals surface area (Å²) in [5.74, 6) is 0.114. The van der Waals surface area contributed by atoms with Gasteiger partial charge in [0.05, 0.1) is 27.4 Å². The second-order valence-electron chi connectivity index (χ2n) is 5.60. The Labute approximate surface area is 143 Å². The molecular formula is C17H13N3O2S2. The summed E-state index contributed by atoms with van der Waals surface area (Å²) in [5.41, 5.74) is 2.57. The molecule has 0 saturated carbocycles. The fraction of sp³-hybridized carbons (Fsp3) is 0.176. The Morgan fingerprint density at radius 2 is 2.21 bits per heavy atom. The summed E-state index contributed by atoms with van der Waals surface area (Å²) >= 11 is 1.63. The van der Waals surface area contributed by atoms with Gasteiger partial charge in [0.2, 0.25) is 0 Å². The van der Waals surface area contributed by atoms with Crippen LogP contribution in [-0.4, -0.2) is 19.2 Å². The number of rotatable bonds is 3. The van der Waals surface area contributed by atoms with Gasteiger partial charge >= 0.3 is 0 Å². The van der Waals surface area contributed by atoms with Crippen LogP contribution in [0, 0.1) is 11.3 Å². The van der Waals surface area contributed by atoms with Gasteiger partial charge in [0.1, 0.15) is 6.07 Å². The lowest BCUT2D eigenvalue weighted by molar-refractivity contribution is 0.600. The molecule has 1 aliphatic rings. The SMILES string of the molecule is N#Cc1cnc2ccc3c(c2c1NCc1cccs1)CCS3(=O)=O. The first-order chi connectivity index (χ1) is 11.6. The quantitative estimate of drug-likeness (QED) is 0.780. The molecule has 24 heavy (non-hydrogen) atoms. The van der Waals surface area contributed by atoms with Crippen molar-refractivity contribution in [3.63, 3.8) is 0 Å². The van der Waals surface area contributed by atoms with Gasteiger partial charge in [-0.05, 0) is 35.6 Å². The van der Waals surface area contributed by atoms with Crippen molar-refractivity contribution in [1.82, 2.24) is 4.98 Å². The Hall–Kier alpha value is -2.43. The molecule has 0 unspecified atom stereocenters. The smallest absolute Gasteiger partial charge is 0.179 e. The molecule has 2 aromatic heterocycles. The largest absolute Gasteiger partial charge is 0.378 e. The van der Waals surface area contributed by atoms with Gasteiger partial charge < -0.3 is 5.32 Å². The zero-order valence-corrected chi connectivity index (χ0v) is 14.2. The fourth-order valence-electron chi connectivity index (χ4n) is 3.08. The van der Waals surface area contributed by atoms with Crippen molar-refractivity contribution in [3.05, 3.63) is 51.8 Å². The minimum atomic E-state index is -3.23. The summed E-state index contributed by atoms with van der Waals surface area (Å²) < 4.78 is 24.4. The Kier molecular flexibility index (Phi) is 3.52. The molecule has 0 fully saturated rings. The highest BCUT2D eigenvalue weighted by molar-refractivity contribution is 7.91. The zero-order chi connectivity index (χ0) is 16.7. The van der Waals surface area contributed by atoms with Crippen molar-refractivity contribution in [1.29, 1.82) is 5.26 Å². The van der Waals surface area contributed by atoms with E-state index < -0.39 is 9.84 Å². The molecule has 1 aromatic carbocycles. The predicted molar refractivity (Wildman–Crippen MR) is 93.9 cm³/mol. The van der Waals surface area contributed by atoms with Gasteiger partial charge in [-0.1, -0.05) is 6.07 Å². The van der Waals surface area contributed by atoms with Crippen molar-refractivity contribution < 1.29 is 8.42 Å². The summed E-state index contributed by atoms with van der Waals surface area (Å²) in [6.45, 7) is 0.585. The van der Waals surface area contributed by atoms with Crippen molar-refractivity contribution in [2.45, 2.75) is 17.9 Å². The number of aryl methyl sites for hydroxylation is 1. The molecule has 3 aromatic rings. The average Bonchev–Trinajstić information content (AvgIpc) is 3.20. The monoisotopic (exact) mass is 355 g/mol. The third-order valence-corrected chi connectivity index (χ3v) is 6.87. The van der Waals surface area contributed by atoms with Crippen LogP contribution in [0.25, 0.3) is 10.9 Å². The number of anilines is 1. The molecule has 0 spiro atoms. The molecule has 0 bridgehead atoms. The molecule has 0 saturated heterocycles. The molecule has 0 amide bonds. The van der Waals surface area contributed by atoms with E-state index in [1.807, 2.05) is 17.5 Å². The first-order valence-corrected chi connectivity index (χ1v) is 9.97. The van der Waals surface area contributed by atoms with Crippen LogP contribution >= 0.6 is 11.3 Å². The van der Waals surface area contributed by atoms with Gasteiger partial charge in [-0.15, -0.1) is 11.3 Å². The molecule has 120 valence electrons. The first-order valence-electron chi connectivity index (χ1n) is 7.44. The number of sulfone groups is 1. The summed E-state index contributed by atoms with van der Waals surface area (Å²) in [4.78, 5) is 5.84. The lowest BCUT2D eigenvalue weighted by atomic mass is 10.0. The number of benzene rings is 1. The van der Waals surface area contributed by atoms with E-state index >= 15 is 0 Å². The maximum atomic E-state index is 12.2. The number of pyridine rings is 1. The fourth-order valence-corrected chi connectivity index (χ4v) is 5.27. The van der Waals surface area contributed by atoms with Gasteiger partial charge in [-0.25, -0.2) is 8.42 Å². The molecule has 0 radical (unpaired) electrons. The van der Waals surface area contributed by atoms with Gasteiger partial charge in [0.25, 0.3) is 0 Å². The molecule has 5 nitrogen and oxygen atoms in total. The van der Waals surface area contributed by atoms with Crippen molar-refractivity contribution in [3.8, 4) is 6.07 Å². The minimum Gasteiger partial charge on any atom is -0.378 e. The second kappa shape index (κ2) is 5.58. The van der Waals surface area contributed by atoms with Gasteiger partial charge in [0, 0.05) is 23.0 Å². The van der Waals surface area contributed by atoms with Crippen LogP contribution in [0.5, 0.6) is 0 Å². The van der Waals surface area contributed by atoms with Crippen molar-refractivity contribution in [2.75, 3.05) is 11.1 Å². The third kappa shape index (κ3) is 2.35. The van der Waals surface area contributed by atoms with Crippen LogP contribution in [0.2, 0.25) is 0 Å². The molecule has 7 heteroatoms. The molecule has 4 rings (SSSR count). The Morgan fingerprint density at radius 3 is 2.96 bits per heavy atom. The van der Waals surface area contributed by atoms with Gasteiger partial charge in [-0.3, -0.25) is 4.98 Å². The lowest BCUT2D eigenvalue weighted by Crippen LogP contribution is -2.03. The molecule has 3 heterocycles. The van der Waals surface area contributed by atoms with E-state index in [4.69, 9.17) is 0 Å². The Balaban J connectivity index is 1.93. The number of nitriles is 1. The van der Waals surface area contributed by atoms with E-state index in [0.29, 0.717) is 34.6 Å². The molecule has 1 aliphatic heterocycles. The second-order valence-corrected chi connectivity index (χ2v) is 8.71. The normalized spacial score (nSPS) is 15.1. The van der Waals surface area contributed by atoms with E-state index in [1.54, 1.807) is 23.5 Å². The topological polar surface area (TPSA) is 82.8 Å². The van der Waals surface area contributed by atoms with Crippen LogP contribution in [0.3, 0.4) is 0 Å². The maximum absolute atomic E-state index is 12.2. The number of hydrogen-bond donors (Lipinski definition) is 1. The highest BCUT2D eigenvalue weighted by atomic mass is 32.2. The Morgan fingerprint density at radius 1 is 1.33 bits per heavy atom. The summed E-state index contributed by atoms with van der Waals surface area (Å²) in [6, 6.07) is 9.49. The summed E-state index contributed by atoms with van der Waals surface area (Å²) in [6.07, 6.45) is 1.99. The molecule has 0 aliphatic carbocycles.